The van der Waals surface area contributed by atoms with Gasteiger partial charge < -0.3 is 19.9 Å². The standard InChI is InChI=1S/C16H25NO3/c1-12(4-3-9-18)17-13(2)5-6-14-7-8-15-16(10-14)20-11-19-15/h7-8,10,12-13,17-18H,3-6,9,11H2,1-2H3. The van der Waals surface area contributed by atoms with Crippen molar-refractivity contribution < 1.29 is 14.6 Å². The third kappa shape index (κ3) is 4.39. The van der Waals surface area contributed by atoms with Crippen molar-refractivity contribution in [2.24, 2.45) is 0 Å². The van der Waals surface area contributed by atoms with Gasteiger partial charge in [-0.3, -0.25) is 0 Å². The third-order valence-electron chi connectivity index (χ3n) is 3.67. The quantitative estimate of drug-likeness (QED) is 0.767. The number of hydrogen-bond donors (Lipinski definition) is 2. The van der Waals surface area contributed by atoms with Crippen LogP contribution in [0.2, 0.25) is 0 Å². The zero-order valence-corrected chi connectivity index (χ0v) is 12.4. The first-order valence-electron chi connectivity index (χ1n) is 7.44. The molecule has 0 spiro atoms. The summed E-state index contributed by atoms with van der Waals surface area (Å²) < 4.78 is 10.7. The van der Waals surface area contributed by atoms with Crippen LogP contribution < -0.4 is 14.8 Å². The number of aliphatic hydroxyl groups is 1. The summed E-state index contributed by atoms with van der Waals surface area (Å²) in [5.74, 6) is 1.71. The van der Waals surface area contributed by atoms with E-state index in [0.717, 1.165) is 37.2 Å². The molecule has 1 aromatic rings. The van der Waals surface area contributed by atoms with E-state index in [-0.39, 0.29) is 6.61 Å². The first-order valence-corrected chi connectivity index (χ1v) is 7.44. The van der Waals surface area contributed by atoms with E-state index in [1.807, 2.05) is 6.07 Å². The van der Waals surface area contributed by atoms with Gasteiger partial charge in [-0.15, -0.1) is 0 Å². The second kappa shape index (κ2) is 7.50. The molecule has 0 saturated heterocycles. The van der Waals surface area contributed by atoms with Gasteiger partial charge in [-0.25, -0.2) is 0 Å². The van der Waals surface area contributed by atoms with Gasteiger partial charge in [0.1, 0.15) is 0 Å². The maximum Gasteiger partial charge on any atom is 0.231 e. The predicted octanol–water partition coefficient (Wildman–Crippen LogP) is 2.49. The molecular formula is C16H25NO3. The third-order valence-corrected chi connectivity index (χ3v) is 3.67. The average molecular weight is 279 g/mol. The Labute approximate surface area is 121 Å². The molecule has 2 N–H and O–H groups in total. The highest BCUT2D eigenvalue weighted by molar-refractivity contribution is 5.44. The Hall–Kier alpha value is -1.26. The number of aryl methyl sites for hydroxylation is 1. The molecule has 1 aromatic carbocycles. The highest BCUT2D eigenvalue weighted by atomic mass is 16.7. The second-order valence-corrected chi connectivity index (χ2v) is 5.56. The fourth-order valence-electron chi connectivity index (χ4n) is 2.53. The molecule has 0 bridgehead atoms. The van der Waals surface area contributed by atoms with Gasteiger partial charge in [0.25, 0.3) is 0 Å². The fraction of sp³-hybridized carbons (Fsp3) is 0.625. The minimum absolute atomic E-state index is 0.275. The Balaban J connectivity index is 1.74. The number of benzene rings is 1. The second-order valence-electron chi connectivity index (χ2n) is 5.56. The van der Waals surface area contributed by atoms with Crippen LogP contribution in [0.1, 0.15) is 38.7 Å². The molecular weight excluding hydrogens is 254 g/mol. The minimum atomic E-state index is 0.275. The Bertz CT molecular complexity index is 422. The summed E-state index contributed by atoms with van der Waals surface area (Å²) in [4.78, 5) is 0. The molecule has 1 aliphatic rings. The van der Waals surface area contributed by atoms with E-state index in [1.165, 1.54) is 5.56 Å². The van der Waals surface area contributed by atoms with Crippen LogP contribution in [-0.4, -0.2) is 30.6 Å². The monoisotopic (exact) mass is 279 g/mol. The van der Waals surface area contributed by atoms with Crippen molar-refractivity contribution in [2.45, 2.75) is 51.6 Å². The van der Waals surface area contributed by atoms with E-state index < -0.39 is 0 Å². The number of ether oxygens (including phenoxy) is 2. The van der Waals surface area contributed by atoms with Gasteiger partial charge in [-0.05, 0) is 57.2 Å². The van der Waals surface area contributed by atoms with E-state index in [1.54, 1.807) is 0 Å². The van der Waals surface area contributed by atoms with Crippen LogP contribution in [0.4, 0.5) is 0 Å². The predicted molar refractivity (Wildman–Crippen MR) is 79.3 cm³/mol. The Kier molecular flexibility index (Phi) is 5.68. The molecule has 112 valence electrons. The van der Waals surface area contributed by atoms with Crippen molar-refractivity contribution in [1.29, 1.82) is 0 Å². The maximum atomic E-state index is 8.83. The molecule has 0 aromatic heterocycles. The largest absolute Gasteiger partial charge is 0.454 e. The van der Waals surface area contributed by atoms with Gasteiger partial charge in [-0.1, -0.05) is 6.07 Å². The van der Waals surface area contributed by atoms with Crippen molar-refractivity contribution in [2.75, 3.05) is 13.4 Å². The molecule has 0 fully saturated rings. The summed E-state index contributed by atoms with van der Waals surface area (Å²) in [6.07, 6.45) is 3.99. The SMILES string of the molecule is CC(CCCO)NC(C)CCc1ccc2c(c1)OCO2. The molecule has 2 atom stereocenters. The van der Waals surface area contributed by atoms with Crippen LogP contribution >= 0.6 is 0 Å². The van der Waals surface area contributed by atoms with E-state index in [9.17, 15) is 0 Å². The lowest BCUT2D eigenvalue weighted by Crippen LogP contribution is -2.34. The van der Waals surface area contributed by atoms with E-state index in [2.05, 4.69) is 31.3 Å². The summed E-state index contributed by atoms with van der Waals surface area (Å²) in [6.45, 7) is 4.99. The molecule has 0 saturated carbocycles. The van der Waals surface area contributed by atoms with Crippen molar-refractivity contribution in [3.63, 3.8) is 0 Å². The van der Waals surface area contributed by atoms with Crippen LogP contribution in [0.5, 0.6) is 11.5 Å². The zero-order valence-electron chi connectivity index (χ0n) is 12.4. The average Bonchev–Trinajstić information content (AvgIpc) is 2.90. The first-order chi connectivity index (χ1) is 9.69. The van der Waals surface area contributed by atoms with E-state index >= 15 is 0 Å². The van der Waals surface area contributed by atoms with Gasteiger partial charge in [0.05, 0.1) is 0 Å². The normalized spacial score (nSPS) is 16.1. The summed E-state index contributed by atoms with van der Waals surface area (Å²) in [5.41, 5.74) is 1.28. The van der Waals surface area contributed by atoms with Gasteiger partial charge in [-0.2, -0.15) is 0 Å². The van der Waals surface area contributed by atoms with Gasteiger partial charge in [0, 0.05) is 18.7 Å². The number of hydrogen-bond acceptors (Lipinski definition) is 4. The highest BCUT2D eigenvalue weighted by Crippen LogP contribution is 2.32. The Morgan fingerprint density at radius 3 is 2.70 bits per heavy atom. The van der Waals surface area contributed by atoms with E-state index in [0.29, 0.717) is 18.9 Å². The number of rotatable bonds is 8. The van der Waals surface area contributed by atoms with Crippen LogP contribution in [-0.2, 0) is 6.42 Å². The smallest absolute Gasteiger partial charge is 0.231 e. The topological polar surface area (TPSA) is 50.7 Å². The zero-order chi connectivity index (χ0) is 14.4. The summed E-state index contributed by atoms with van der Waals surface area (Å²) >= 11 is 0. The van der Waals surface area contributed by atoms with Crippen LogP contribution in [0.15, 0.2) is 18.2 Å². The Morgan fingerprint density at radius 2 is 1.90 bits per heavy atom. The highest BCUT2D eigenvalue weighted by Gasteiger charge is 2.13. The molecule has 1 aliphatic heterocycles. The van der Waals surface area contributed by atoms with Crippen molar-refractivity contribution in [3.05, 3.63) is 23.8 Å². The summed E-state index contributed by atoms with van der Waals surface area (Å²) in [6, 6.07) is 7.09. The number of fused-ring (bicyclic) bond motifs is 1. The molecule has 20 heavy (non-hydrogen) atoms. The molecule has 4 heteroatoms. The van der Waals surface area contributed by atoms with E-state index in [4.69, 9.17) is 14.6 Å². The lowest BCUT2D eigenvalue weighted by Gasteiger charge is -2.19. The number of aliphatic hydroxyl groups excluding tert-OH is 1. The lowest BCUT2D eigenvalue weighted by atomic mass is 10.0. The van der Waals surface area contributed by atoms with Gasteiger partial charge in [0.2, 0.25) is 6.79 Å². The Morgan fingerprint density at radius 1 is 1.15 bits per heavy atom. The molecule has 2 unspecified atom stereocenters. The summed E-state index contributed by atoms with van der Waals surface area (Å²) in [5, 5.41) is 12.4. The molecule has 0 amide bonds. The molecule has 0 aliphatic carbocycles. The lowest BCUT2D eigenvalue weighted by molar-refractivity contribution is 0.174. The van der Waals surface area contributed by atoms with Gasteiger partial charge in [0.15, 0.2) is 11.5 Å². The van der Waals surface area contributed by atoms with Crippen LogP contribution in [0.25, 0.3) is 0 Å². The van der Waals surface area contributed by atoms with Crippen LogP contribution in [0, 0.1) is 0 Å². The molecule has 4 nitrogen and oxygen atoms in total. The van der Waals surface area contributed by atoms with Crippen molar-refractivity contribution in [1.82, 2.24) is 5.32 Å². The molecule has 2 rings (SSSR count). The number of nitrogens with one attached hydrogen (secondary N) is 1. The van der Waals surface area contributed by atoms with Crippen molar-refractivity contribution >= 4 is 0 Å². The fourth-order valence-corrected chi connectivity index (χ4v) is 2.53. The van der Waals surface area contributed by atoms with Gasteiger partial charge >= 0.3 is 0 Å². The molecule has 0 radical (unpaired) electrons. The maximum absolute atomic E-state index is 8.83. The molecule has 1 heterocycles. The first kappa shape index (κ1) is 15.1. The van der Waals surface area contributed by atoms with Crippen LogP contribution in [0.3, 0.4) is 0 Å². The minimum Gasteiger partial charge on any atom is -0.454 e. The van der Waals surface area contributed by atoms with Crippen molar-refractivity contribution in [3.8, 4) is 11.5 Å². The summed E-state index contributed by atoms with van der Waals surface area (Å²) in [7, 11) is 0.